The van der Waals surface area contributed by atoms with Gasteiger partial charge in [0.2, 0.25) is 0 Å². The maximum atomic E-state index is 6.25. The summed E-state index contributed by atoms with van der Waals surface area (Å²) >= 11 is 0. The largest absolute Gasteiger partial charge is 0.456 e. The van der Waals surface area contributed by atoms with Crippen molar-refractivity contribution in [3.05, 3.63) is 121 Å². The van der Waals surface area contributed by atoms with Gasteiger partial charge in [0.1, 0.15) is 11.2 Å². The lowest BCUT2D eigenvalue weighted by molar-refractivity contribution is 0.669. The van der Waals surface area contributed by atoms with Gasteiger partial charge in [0.25, 0.3) is 0 Å². The molecule has 0 aliphatic heterocycles. The number of hydrogen-bond donors (Lipinski definition) is 0. The van der Waals surface area contributed by atoms with Gasteiger partial charge in [-0.05, 0) is 40.4 Å². The summed E-state index contributed by atoms with van der Waals surface area (Å²) in [5, 5.41) is 6.77. The number of para-hydroxylation sites is 1. The van der Waals surface area contributed by atoms with Gasteiger partial charge in [-0.15, -0.1) is 0 Å². The Hall–Kier alpha value is -5.02. The summed E-state index contributed by atoms with van der Waals surface area (Å²) in [6.07, 6.45) is 0. The van der Waals surface area contributed by atoms with Gasteiger partial charge in [-0.3, -0.25) is 0 Å². The van der Waals surface area contributed by atoms with Gasteiger partial charge in [0.05, 0.1) is 22.4 Å². The number of aromatic nitrogens is 2. The molecule has 3 nitrogen and oxygen atoms in total. The minimum absolute atomic E-state index is 0.870. The normalized spacial score (nSPS) is 11.8. The molecule has 2 heterocycles. The Balaban J connectivity index is 1.48. The molecule has 0 aliphatic carbocycles. The van der Waals surface area contributed by atoms with Crippen molar-refractivity contribution in [2.45, 2.75) is 0 Å². The zero-order valence-corrected chi connectivity index (χ0v) is 19.8. The van der Waals surface area contributed by atoms with Crippen LogP contribution in [0.25, 0.3) is 77.0 Å². The highest BCUT2D eigenvalue weighted by Crippen LogP contribution is 2.39. The summed E-state index contributed by atoms with van der Waals surface area (Å²) < 4.78 is 6.25. The summed E-state index contributed by atoms with van der Waals surface area (Å²) in [5.74, 6) is 0. The molecule has 0 bridgehead atoms. The number of benzene rings is 6. The average Bonchev–Trinajstić information content (AvgIpc) is 3.33. The van der Waals surface area contributed by atoms with Crippen LogP contribution in [0.4, 0.5) is 0 Å². The van der Waals surface area contributed by atoms with Crippen LogP contribution in [-0.2, 0) is 0 Å². The number of furan rings is 1. The van der Waals surface area contributed by atoms with Crippen LogP contribution in [-0.4, -0.2) is 9.97 Å². The van der Waals surface area contributed by atoms with Crippen molar-refractivity contribution in [2.75, 3.05) is 0 Å². The molecule has 8 aromatic rings. The highest BCUT2D eigenvalue weighted by molar-refractivity contribution is 6.13. The quantitative estimate of drug-likeness (QED) is 0.235. The maximum absolute atomic E-state index is 6.25. The van der Waals surface area contributed by atoms with Crippen molar-refractivity contribution in [1.29, 1.82) is 0 Å². The van der Waals surface area contributed by atoms with E-state index < -0.39 is 0 Å². The van der Waals surface area contributed by atoms with Gasteiger partial charge in [0.15, 0.2) is 0 Å². The Morgan fingerprint density at radius 2 is 1.24 bits per heavy atom. The fraction of sp³-hybridized carbons (Fsp3) is 0. The first-order chi connectivity index (χ1) is 18.3. The second-order valence-corrected chi connectivity index (χ2v) is 9.41. The zero-order chi connectivity index (χ0) is 24.3. The van der Waals surface area contributed by atoms with E-state index in [1.54, 1.807) is 0 Å². The van der Waals surface area contributed by atoms with E-state index in [1.165, 1.54) is 0 Å². The molecule has 3 heteroatoms. The van der Waals surface area contributed by atoms with E-state index in [-0.39, 0.29) is 0 Å². The molecule has 0 spiro atoms. The number of nitrogens with zero attached hydrogens (tertiary/aromatic N) is 2. The zero-order valence-electron chi connectivity index (χ0n) is 19.8. The highest BCUT2D eigenvalue weighted by Gasteiger charge is 2.18. The molecule has 0 unspecified atom stereocenters. The van der Waals surface area contributed by atoms with E-state index in [0.29, 0.717) is 0 Å². The molecule has 0 radical (unpaired) electrons. The van der Waals surface area contributed by atoms with Crippen LogP contribution in [0, 0.1) is 0 Å². The van der Waals surface area contributed by atoms with Crippen molar-refractivity contribution in [3.8, 4) is 22.5 Å². The standard InChI is InChI=1S/C34H20N2O/c1-2-10-22(11-3-1)32-34(35-29-18-17-21-9-4-5-13-24(21)33(29)36-32)26-15-8-12-23-19-28-25-14-6-7-16-30(25)37-31(28)20-27(23)26/h1-20H. The van der Waals surface area contributed by atoms with Crippen LogP contribution in [0.2, 0.25) is 0 Å². The van der Waals surface area contributed by atoms with Gasteiger partial charge in [-0.25, -0.2) is 9.97 Å². The third-order valence-corrected chi connectivity index (χ3v) is 7.24. The second kappa shape index (κ2) is 7.74. The lowest BCUT2D eigenvalue weighted by atomic mass is 9.96. The average molecular weight is 473 g/mol. The van der Waals surface area contributed by atoms with Gasteiger partial charge < -0.3 is 4.42 Å². The van der Waals surface area contributed by atoms with Crippen LogP contribution in [0.5, 0.6) is 0 Å². The molecule has 0 saturated carbocycles. The van der Waals surface area contributed by atoms with Crippen molar-refractivity contribution >= 4 is 54.5 Å². The molecule has 0 saturated heterocycles. The Bertz CT molecular complexity index is 2140. The Morgan fingerprint density at radius 1 is 0.459 bits per heavy atom. The molecule has 2 aromatic heterocycles. The molecule has 0 N–H and O–H groups in total. The smallest absolute Gasteiger partial charge is 0.136 e. The molecule has 6 aromatic carbocycles. The van der Waals surface area contributed by atoms with Crippen LogP contribution < -0.4 is 0 Å². The molecular formula is C34H20N2O. The molecular weight excluding hydrogens is 452 g/mol. The predicted octanol–water partition coefficient (Wildman–Crippen LogP) is 9.17. The van der Waals surface area contributed by atoms with Gasteiger partial charge in [0, 0.05) is 27.3 Å². The number of rotatable bonds is 2. The van der Waals surface area contributed by atoms with Gasteiger partial charge >= 0.3 is 0 Å². The number of fused-ring (bicyclic) bond motifs is 7. The van der Waals surface area contributed by atoms with Crippen molar-refractivity contribution in [3.63, 3.8) is 0 Å². The van der Waals surface area contributed by atoms with Gasteiger partial charge in [-0.1, -0.05) is 97.1 Å². The SMILES string of the molecule is c1ccc(-c2nc3c(ccc4ccccc43)nc2-c2cccc3cc4c(cc23)oc2ccccc24)cc1. The Labute approximate surface area is 212 Å². The predicted molar refractivity (Wildman–Crippen MR) is 153 cm³/mol. The van der Waals surface area contributed by atoms with Gasteiger partial charge in [-0.2, -0.15) is 0 Å². The van der Waals surface area contributed by atoms with E-state index in [9.17, 15) is 0 Å². The minimum atomic E-state index is 0.870. The Kier molecular flexibility index (Phi) is 4.23. The van der Waals surface area contributed by atoms with Crippen LogP contribution in [0.3, 0.4) is 0 Å². The summed E-state index contributed by atoms with van der Waals surface area (Å²) in [7, 11) is 0. The molecule has 0 fully saturated rings. The van der Waals surface area contributed by atoms with Crippen molar-refractivity contribution < 1.29 is 4.42 Å². The summed E-state index contributed by atoms with van der Waals surface area (Å²) in [4.78, 5) is 10.5. The topological polar surface area (TPSA) is 38.9 Å². The lowest BCUT2D eigenvalue weighted by Crippen LogP contribution is -1.97. The molecule has 0 amide bonds. The van der Waals surface area contributed by atoms with E-state index in [1.807, 2.05) is 18.2 Å². The summed E-state index contributed by atoms with van der Waals surface area (Å²) in [6.45, 7) is 0. The first kappa shape index (κ1) is 20.2. The highest BCUT2D eigenvalue weighted by atomic mass is 16.3. The monoisotopic (exact) mass is 472 g/mol. The minimum Gasteiger partial charge on any atom is -0.456 e. The van der Waals surface area contributed by atoms with E-state index in [2.05, 4.69) is 103 Å². The summed E-state index contributed by atoms with van der Waals surface area (Å²) in [5.41, 5.74) is 7.41. The van der Waals surface area contributed by atoms with Crippen LogP contribution in [0.1, 0.15) is 0 Å². The van der Waals surface area contributed by atoms with E-state index in [0.717, 1.165) is 77.0 Å². The van der Waals surface area contributed by atoms with E-state index in [4.69, 9.17) is 14.4 Å². The van der Waals surface area contributed by atoms with Crippen molar-refractivity contribution in [1.82, 2.24) is 9.97 Å². The fourth-order valence-corrected chi connectivity index (χ4v) is 5.48. The number of hydrogen-bond acceptors (Lipinski definition) is 3. The van der Waals surface area contributed by atoms with Crippen molar-refractivity contribution in [2.24, 2.45) is 0 Å². The Morgan fingerprint density at radius 3 is 2.16 bits per heavy atom. The maximum Gasteiger partial charge on any atom is 0.136 e. The molecule has 8 rings (SSSR count). The van der Waals surface area contributed by atoms with E-state index >= 15 is 0 Å². The first-order valence-corrected chi connectivity index (χ1v) is 12.4. The lowest BCUT2D eigenvalue weighted by Gasteiger charge is -2.14. The van der Waals surface area contributed by atoms with Crippen LogP contribution in [0.15, 0.2) is 126 Å². The fourth-order valence-electron chi connectivity index (χ4n) is 5.48. The molecule has 0 atom stereocenters. The third-order valence-electron chi connectivity index (χ3n) is 7.24. The third kappa shape index (κ3) is 3.08. The second-order valence-electron chi connectivity index (χ2n) is 9.41. The molecule has 0 aliphatic rings. The first-order valence-electron chi connectivity index (χ1n) is 12.4. The summed E-state index contributed by atoms with van der Waals surface area (Å²) in [6, 6.07) is 41.9. The van der Waals surface area contributed by atoms with Crippen LogP contribution >= 0.6 is 0 Å². The molecule has 172 valence electrons. The molecule has 37 heavy (non-hydrogen) atoms.